The van der Waals surface area contributed by atoms with Gasteiger partial charge in [0.25, 0.3) is 5.91 Å². The number of hydrogen-bond acceptors (Lipinski definition) is 10. The molecule has 3 aromatic rings. The van der Waals surface area contributed by atoms with Crippen molar-refractivity contribution in [3.8, 4) is 10.4 Å². The Balaban J connectivity index is 1.45. The Hall–Kier alpha value is -3.54. The first-order valence-corrected chi connectivity index (χ1v) is 14.3. The first-order chi connectivity index (χ1) is 18.5. The quantitative estimate of drug-likeness (QED) is 0.247. The van der Waals surface area contributed by atoms with Crippen LogP contribution >= 0.6 is 23.3 Å². The summed E-state index contributed by atoms with van der Waals surface area (Å²) in [5.74, 6) is -1.70. The summed E-state index contributed by atoms with van der Waals surface area (Å²) in [5.41, 5.74) is 3.40. The van der Waals surface area contributed by atoms with Gasteiger partial charge in [-0.1, -0.05) is 30.1 Å². The molecule has 1 aromatic heterocycles. The maximum Gasteiger partial charge on any atom is 0.341 e. The highest BCUT2D eigenvalue weighted by molar-refractivity contribution is 7.99. The number of benzene rings is 2. The Morgan fingerprint density at radius 3 is 2.50 bits per heavy atom. The molecular weight excluding hydrogens is 524 g/mol. The van der Waals surface area contributed by atoms with Gasteiger partial charge in [0, 0.05) is 48.7 Å². The summed E-state index contributed by atoms with van der Waals surface area (Å²) in [6, 6.07) is 16.7. The number of hydrogen-bond donors (Lipinski definition) is 3. The molecule has 11 heteroatoms. The van der Waals surface area contributed by atoms with Crippen molar-refractivity contribution >= 4 is 57.5 Å². The zero-order valence-electron chi connectivity index (χ0n) is 21.2. The summed E-state index contributed by atoms with van der Waals surface area (Å²) >= 11 is 2.67. The van der Waals surface area contributed by atoms with E-state index in [-0.39, 0.29) is 12.2 Å². The molecule has 3 N–H and O–H groups in total. The molecule has 0 atom stereocenters. The van der Waals surface area contributed by atoms with Crippen LogP contribution in [0, 0.1) is 0 Å². The minimum atomic E-state index is -0.619. The second kappa shape index (κ2) is 13.3. The zero-order chi connectivity index (χ0) is 26.9. The number of rotatable bonds is 10. The van der Waals surface area contributed by atoms with Crippen molar-refractivity contribution in [1.29, 1.82) is 0 Å². The van der Waals surface area contributed by atoms with E-state index in [0.29, 0.717) is 10.6 Å². The number of thiophene rings is 1. The van der Waals surface area contributed by atoms with Crippen LogP contribution in [0.4, 0.5) is 16.4 Å². The molecule has 200 valence electrons. The van der Waals surface area contributed by atoms with Gasteiger partial charge in [0.15, 0.2) is 6.61 Å². The van der Waals surface area contributed by atoms with Crippen molar-refractivity contribution in [3.05, 3.63) is 65.7 Å². The first-order valence-electron chi connectivity index (χ1n) is 12.2. The van der Waals surface area contributed by atoms with Crippen molar-refractivity contribution in [2.45, 2.75) is 6.92 Å². The Kier molecular flexibility index (Phi) is 9.63. The second-order valence-corrected chi connectivity index (χ2v) is 10.0. The summed E-state index contributed by atoms with van der Waals surface area (Å²) in [5, 5.41) is 6.40. The van der Waals surface area contributed by atoms with Crippen LogP contribution in [0.3, 0.4) is 0 Å². The van der Waals surface area contributed by atoms with Crippen molar-refractivity contribution in [2.24, 2.45) is 0 Å². The van der Waals surface area contributed by atoms with E-state index >= 15 is 0 Å². The van der Waals surface area contributed by atoms with Gasteiger partial charge < -0.3 is 29.7 Å². The molecule has 1 fully saturated rings. The normalized spacial score (nSPS) is 13.1. The third kappa shape index (κ3) is 7.06. The summed E-state index contributed by atoms with van der Waals surface area (Å²) in [7, 11) is 0. The molecule has 1 aliphatic rings. The molecule has 0 radical (unpaired) electrons. The third-order valence-electron chi connectivity index (χ3n) is 5.77. The summed E-state index contributed by atoms with van der Waals surface area (Å²) in [6.07, 6.45) is 1.87. The number of amides is 1. The van der Waals surface area contributed by atoms with Gasteiger partial charge in [0.05, 0.1) is 17.7 Å². The van der Waals surface area contributed by atoms with Gasteiger partial charge in [-0.25, -0.2) is 9.59 Å². The van der Waals surface area contributed by atoms with E-state index in [4.69, 9.17) is 9.47 Å². The van der Waals surface area contributed by atoms with Crippen molar-refractivity contribution in [2.75, 3.05) is 60.6 Å². The van der Waals surface area contributed by atoms with E-state index in [9.17, 15) is 14.4 Å². The predicted molar refractivity (Wildman–Crippen MR) is 153 cm³/mol. The maximum atomic E-state index is 12.7. The van der Waals surface area contributed by atoms with Crippen LogP contribution in [-0.2, 0) is 14.3 Å². The monoisotopic (exact) mass is 554 g/mol. The topological polar surface area (TPSA) is 109 Å². The van der Waals surface area contributed by atoms with Crippen LogP contribution in [0.2, 0.25) is 0 Å². The van der Waals surface area contributed by atoms with E-state index in [1.54, 1.807) is 31.2 Å². The fraction of sp³-hybridized carbons (Fsp3) is 0.296. The van der Waals surface area contributed by atoms with Gasteiger partial charge in [-0.05, 0) is 48.9 Å². The van der Waals surface area contributed by atoms with E-state index in [0.717, 1.165) is 48.0 Å². The molecule has 0 bridgehead atoms. The summed E-state index contributed by atoms with van der Waals surface area (Å²) in [4.78, 5) is 40.8. The SMILES string of the molecule is CCOC(=O)c1cc(-c2ccc(N3CCNCC3)cc2)sc1NC(=O)COC(=O)c1cccc(NSC)c1. The van der Waals surface area contributed by atoms with Gasteiger partial charge in [-0.2, -0.15) is 0 Å². The van der Waals surface area contributed by atoms with Crippen LogP contribution in [0.5, 0.6) is 0 Å². The summed E-state index contributed by atoms with van der Waals surface area (Å²) in [6.45, 7) is 5.25. The number of nitrogens with one attached hydrogen (secondary N) is 3. The van der Waals surface area contributed by atoms with Crippen molar-refractivity contribution in [1.82, 2.24) is 5.32 Å². The predicted octanol–water partition coefficient (Wildman–Crippen LogP) is 4.49. The Bertz CT molecular complexity index is 1270. The highest BCUT2D eigenvalue weighted by Gasteiger charge is 2.21. The zero-order valence-corrected chi connectivity index (χ0v) is 22.9. The van der Waals surface area contributed by atoms with E-state index < -0.39 is 24.5 Å². The molecule has 0 saturated carbocycles. The number of esters is 2. The minimum Gasteiger partial charge on any atom is -0.462 e. The fourth-order valence-electron chi connectivity index (χ4n) is 3.95. The van der Waals surface area contributed by atoms with Crippen LogP contribution < -0.4 is 20.3 Å². The van der Waals surface area contributed by atoms with Crippen LogP contribution in [0.15, 0.2) is 54.6 Å². The molecule has 0 unspecified atom stereocenters. The van der Waals surface area contributed by atoms with Gasteiger partial charge in [-0.3, -0.25) is 4.79 Å². The average molecular weight is 555 g/mol. The Morgan fingerprint density at radius 2 is 1.79 bits per heavy atom. The third-order valence-corrected chi connectivity index (χ3v) is 7.31. The number of nitrogens with zero attached hydrogens (tertiary/aromatic N) is 1. The molecule has 4 rings (SSSR count). The maximum absolute atomic E-state index is 12.7. The van der Waals surface area contributed by atoms with E-state index in [1.807, 2.05) is 24.5 Å². The van der Waals surface area contributed by atoms with Crippen LogP contribution in [-0.4, -0.2) is 63.5 Å². The number of carbonyl (C=O) groups excluding carboxylic acids is 3. The smallest absolute Gasteiger partial charge is 0.341 e. The lowest BCUT2D eigenvalue weighted by Gasteiger charge is -2.29. The van der Waals surface area contributed by atoms with E-state index in [2.05, 4.69) is 32.4 Å². The molecule has 2 heterocycles. The minimum absolute atomic E-state index is 0.207. The lowest BCUT2D eigenvalue weighted by Crippen LogP contribution is -2.43. The molecule has 9 nitrogen and oxygen atoms in total. The standard InChI is InChI=1S/C27H30N4O5S2/c1-3-35-27(34)22-16-23(18-7-9-21(10-8-18)31-13-11-28-12-14-31)38-25(22)29-24(32)17-36-26(33)19-5-4-6-20(15-19)30-37-2/h4-10,15-16,28,30H,3,11-14,17H2,1-2H3,(H,29,32). The van der Waals surface area contributed by atoms with Gasteiger partial charge in [0.2, 0.25) is 0 Å². The second-order valence-electron chi connectivity index (χ2n) is 8.37. The van der Waals surface area contributed by atoms with Gasteiger partial charge in [-0.15, -0.1) is 11.3 Å². The summed E-state index contributed by atoms with van der Waals surface area (Å²) < 4.78 is 13.4. The molecule has 2 aromatic carbocycles. The average Bonchev–Trinajstić information content (AvgIpc) is 3.36. The van der Waals surface area contributed by atoms with Crippen molar-refractivity contribution < 1.29 is 23.9 Å². The highest BCUT2D eigenvalue weighted by Crippen LogP contribution is 2.36. The number of piperazine rings is 1. The Morgan fingerprint density at radius 1 is 1.03 bits per heavy atom. The largest absolute Gasteiger partial charge is 0.462 e. The van der Waals surface area contributed by atoms with Gasteiger partial charge >= 0.3 is 11.9 Å². The van der Waals surface area contributed by atoms with Crippen LogP contribution in [0.25, 0.3) is 10.4 Å². The lowest BCUT2D eigenvalue weighted by molar-refractivity contribution is -0.119. The Labute approximate surface area is 230 Å². The molecule has 1 saturated heterocycles. The molecule has 1 amide bonds. The fourth-order valence-corrected chi connectivity index (χ4v) is 5.38. The lowest BCUT2D eigenvalue weighted by atomic mass is 10.1. The molecule has 0 spiro atoms. The van der Waals surface area contributed by atoms with Crippen LogP contribution in [0.1, 0.15) is 27.6 Å². The van der Waals surface area contributed by atoms with E-state index in [1.165, 1.54) is 23.3 Å². The molecule has 0 aliphatic carbocycles. The molecular formula is C27H30N4O5S2. The first kappa shape index (κ1) is 27.5. The molecule has 1 aliphatic heterocycles. The number of ether oxygens (including phenoxy) is 2. The molecule has 38 heavy (non-hydrogen) atoms. The van der Waals surface area contributed by atoms with Gasteiger partial charge in [0.1, 0.15) is 5.00 Å². The highest BCUT2D eigenvalue weighted by atomic mass is 32.2. The van der Waals surface area contributed by atoms with Crippen molar-refractivity contribution in [3.63, 3.8) is 0 Å². The number of carbonyl (C=O) groups is 3. The number of anilines is 3.